The first kappa shape index (κ1) is 18.5. The summed E-state index contributed by atoms with van der Waals surface area (Å²) in [5, 5.41) is 6.63. The van der Waals surface area contributed by atoms with Gasteiger partial charge in [0.05, 0.1) is 30.5 Å². The lowest BCUT2D eigenvalue weighted by Crippen LogP contribution is -2.50. The smallest absolute Gasteiger partial charge is 0.254 e. The maximum atomic E-state index is 13.8. The van der Waals surface area contributed by atoms with Crippen molar-refractivity contribution in [2.24, 2.45) is 0 Å². The van der Waals surface area contributed by atoms with Crippen molar-refractivity contribution >= 4 is 5.91 Å². The van der Waals surface area contributed by atoms with Crippen LogP contribution < -0.4 is 5.32 Å². The van der Waals surface area contributed by atoms with Crippen LogP contribution in [0.15, 0.2) is 22.7 Å². The molecule has 2 heterocycles. The number of carbonyl (C=O) groups is 1. The molecule has 0 aliphatic carbocycles. The minimum Gasteiger partial charge on any atom is -0.379 e. The molecule has 140 valence electrons. The summed E-state index contributed by atoms with van der Waals surface area (Å²) in [5.41, 5.74) is 1.39. The molecule has 3 rings (SSSR count). The van der Waals surface area contributed by atoms with Crippen LogP contribution in [0.4, 0.5) is 8.78 Å². The molecule has 1 aromatic heterocycles. The Morgan fingerprint density at radius 2 is 2.19 bits per heavy atom. The molecule has 26 heavy (non-hydrogen) atoms. The van der Waals surface area contributed by atoms with E-state index in [2.05, 4.69) is 10.5 Å². The van der Waals surface area contributed by atoms with Gasteiger partial charge in [0.1, 0.15) is 23.5 Å². The van der Waals surface area contributed by atoms with Crippen LogP contribution in [-0.4, -0.2) is 36.4 Å². The zero-order chi connectivity index (χ0) is 18.7. The van der Waals surface area contributed by atoms with Gasteiger partial charge in [-0.25, -0.2) is 8.78 Å². The second-order valence-electron chi connectivity index (χ2n) is 6.22. The molecule has 8 heteroatoms. The van der Waals surface area contributed by atoms with Crippen LogP contribution in [0.25, 0.3) is 0 Å². The van der Waals surface area contributed by atoms with Gasteiger partial charge in [0.15, 0.2) is 0 Å². The van der Waals surface area contributed by atoms with E-state index in [-0.39, 0.29) is 18.2 Å². The van der Waals surface area contributed by atoms with Crippen LogP contribution in [0.5, 0.6) is 0 Å². The summed E-state index contributed by atoms with van der Waals surface area (Å²) in [6.45, 7) is 4.66. The number of benzene rings is 1. The molecule has 1 fully saturated rings. The topological polar surface area (TPSA) is 73.6 Å². The zero-order valence-corrected chi connectivity index (χ0v) is 14.6. The lowest BCUT2D eigenvalue weighted by atomic mass is 10.0. The molecule has 0 unspecified atom stereocenters. The minimum absolute atomic E-state index is 0.206. The van der Waals surface area contributed by atoms with Crippen molar-refractivity contribution in [2.45, 2.75) is 39.0 Å². The molecule has 1 aromatic carbocycles. The summed E-state index contributed by atoms with van der Waals surface area (Å²) in [6, 6.07) is 2.51. The molecule has 1 saturated heterocycles. The number of carbonyl (C=O) groups excluding carboxylic acids is 1. The monoisotopic (exact) mass is 366 g/mol. The lowest BCUT2D eigenvalue weighted by molar-refractivity contribution is -0.0739. The van der Waals surface area contributed by atoms with Crippen LogP contribution in [-0.2, 0) is 16.1 Å². The quantitative estimate of drug-likeness (QED) is 0.881. The molecule has 0 radical (unpaired) electrons. The van der Waals surface area contributed by atoms with Crippen LogP contribution in [0.1, 0.15) is 33.8 Å². The van der Waals surface area contributed by atoms with Crippen molar-refractivity contribution in [2.75, 3.05) is 13.2 Å². The third-order valence-electron chi connectivity index (χ3n) is 4.42. The summed E-state index contributed by atoms with van der Waals surface area (Å²) < 4.78 is 43.2. The van der Waals surface area contributed by atoms with Gasteiger partial charge in [0.25, 0.3) is 5.91 Å². The zero-order valence-electron chi connectivity index (χ0n) is 14.6. The molecule has 2 atom stereocenters. The highest BCUT2D eigenvalue weighted by Crippen LogP contribution is 2.19. The minimum atomic E-state index is -0.900. The van der Waals surface area contributed by atoms with Crippen molar-refractivity contribution in [3.05, 3.63) is 52.4 Å². The van der Waals surface area contributed by atoms with Gasteiger partial charge in [-0.3, -0.25) is 4.79 Å². The summed E-state index contributed by atoms with van der Waals surface area (Å²) in [7, 11) is 0. The molecular formula is C18H20F2N2O4. The first-order valence-electron chi connectivity index (χ1n) is 8.32. The van der Waals surface area contributed by atoms with Gasteiger partial charge in [0, 0.05) is 18.2 Å². The Balaban J connectivity index is 1.66. The van der Waals surface area contributed by atoms with Crippen LogP contribution in [0.2, 0.25) is 0 Å². The van der Waals surface area contributed by atoms with E-state index in [1.807, 2.05) is 6.92 Å². The first-order chi connectivity index (χ1) is 12.5. The second-order valence-corrected chi connectivity index (χ2v) is 6.22. The van der Waals surface area contributed by atoms with Gasteiger partial charge in [0.2, 0.25) is 0 Å². The van der Waals surface area contributed by atoms with Gasteiger partial charge in [-0.05, 0) is 32.4 Å². The highest BCUT2D eigenvalue weighted by Gasteiger charge is 2.29. The number of rotatable bonds is 5. The molecule has 0 bridgehead atoms. The fourth-order valence-electron chi connectivity index (χ4n) is 2.86. The maximum Gasteiger partial charge on any atom is 0.254 e. The predicted octanol–water partition coefficient (Wildman–Crippen LogP) is 2.67. The van der Waals surface area contributed by atoms with Gasteiger partial charge < -0.3 is 19.3 Å². The van der Waals surface area contributed by atoms with Crippen molar-refractivity contribution < 1.29 is 27.6 Å². The summed E-state index contributed by atoms with van der Waals surface area (Å²) in [5.74, 6) is -1.57. The van der Waals surface area contributed by atoms with Gasteiger partial charge in [-0.15, -0.1) is 0 Å². The highest BCUT2D eigenvalue weighted by molar-refractivity contribution is 5.94. The first-order valence-corrected chi connectivity index (χ1v) is 8.32. The number of amides is 1. The Morgan fingerprint density at radius 3 is 2.88 bits per heavy atom. The lowest BCUT2D eigenvalue weighted by Gasteiger charge is -2.32. The van der Waals surface area contributed by atoms with Crippen LogP contribution in [0.3, 0.4) is 0 Å². The summed E-state index contributed by atoms with van der Waals surface area (Å²) in [6.07, 6.45) is 0.130. The largest absolute Gasteiger partial charge is 0.379 e. The average molecular weight is 366 g/mol. The third kappa shape index (κ3) is 4.08. The fraction of sp³-hybridized carbons (Fsp3) is 0.444. The molecule has 1 amide bonds. The SMILES string of the molecule is Cc1noc(C)c1CO[C@@H]1COCC[C@H]1NC(=O)c1ccc(F)cc1F. The van der Waals surface area contributed by atoms with E-state index >= 15 is 0 Å². The van der Waals surface area contributed by atoms with E-state index in [0.29, 0.717) is 31.5 Å². The molecule has 0 saturated carbocycles. The average Bonchev–Trinajstić information content (AvgIpc) is 2.92. The normalized spacial score (nSPS) is 20.2. The highest BCUT2D eigenvalue weighted by atomic mass is 19.1. The number of halogens is 2. The fourth-order valence-corrected chi connectivity index (χ4v) is 2.86. The standard InChI is InChI=1S/C18H20F2N2O4/c1-10-14(11(2)26-22-10)8-25-17-9-24-6-5-16(17)21-18(23)13-4-3-12(19)7-15(13)20/h3-4,7,16-17H,5-6,8-9H2,1-2H3,(H,21,23)/t16-,17-/m1/s1. The predicted molar refractivity (Wildman–Crippen MR) is 87.6 cm³/mol. The van der Waals surface area contributed by atoms with Crippen molar-refractivity contribution in [3.63, 3.8) is 0 Å². The van der Waals surface area contributed by atoms with E-state index in [1.54, 1.807) is 6.92 Å². The number of nitrogens with one attached hydrogen (secondary N) is 1. The Hall–Kier alpha value is -2.32. The van der Waals surface area contributed by atoms with Gasteiger partial charge in [-0.1, -0.05) is 5.16 Å². The number of hydrogen-bond donors (Lipinski definition) is 1. The number of ether oxygens (including phenoxy) is 2. The third-order valence-corrected chi connectivity index (χ3v) is 4.42. The van der Waals surface area contributed by atoms with Gasteiger partial charge >= 0.3 is 0 Å². The Labute approximate surface area is 149 Å². The molecule has 0 spiro atoms. The van der Waals surface area contributed by atoms with E-state index in [0.717, 1.165) is 23.4 Å². The number of aromatic nitrogens is 1. The number of nitrogens with zero attached hydrogens (tertiary/aromatic N) is 1. The molecule has 6 nitrogen and oxygen atoms in total. The second kappa shape index (κ2) is 7.92. The Kier molecular flexibility index (Phi) is 5.63. The molecular weight excluding hydrogens is 346 g/mol. The molecule has 1 N–H and O–H groups in total. The van der Waals surface area contributed by atoms with E-state index in [4.69, 9.17) is 14.0 Å². The Morgan fingerprint density at radius 1 is 1.38 bits per heavy atom. The van der Waals surface area contributed by atoms with Crippen LogP contribution >= 0.6 is 0 Å². The van der Waals surface area contributed by atoms with Crippen molar-refractivity contribution in [1.82, 2.24) is 10.5 Å². The molecule has 2 aromatic rings. The van der Waals surface area contributed by atoms with Gasteiger partial charge in [-0.2, -0.15) is 0 Å². The Bertz CT molecular complexity index is 774. The molecule has 1 aliphatic rings. The van der Waals surface area contributed by atoms with Crippen molar-refractivity contribution in [3.8, 4) is 0 Å². The summed E-state index contributed by atoms with van der Waals surface area (Å²) in [4.78, 5) is 12.3. The van der Waals surface area contributed by atoms with E-state index < -0.39 is 23.6 Å². The number of hydrogen-bond acceptors (Lipinski definition) is 5. The van der Waals surface area contributed by atoms with Crippen LogP contribution in [0, 0.1) is 25.5 Å². The summed E-state index contributed by atoms with van der Waals surface area (Å²) >= 11 is 0. The molecule has 1 aliphatic heterocycles. The number of aryl methyl sites for hydroxylation is 2. The van der Waals surface area contributed by atoms with E-state index in [9.17, 15) is 13.6 Å². The maximum absolute atomic E-state index is 13.8. The van der Waals surface area contributed by atoms with E-state index in [1.165, 1.54) is 0 Å². The van der Waals surface area contributed by atoms with Crippen molar-refractivity contribution in [1.29, 1.82) is 0 Å².